The third kappa shape index (κ3) is 4.33. The number of allylic oxidation sites excluding steroid dienone is 1. The fourth-order valence-corrected chi connectivity index (χ4v) is 2.79. The Kier molecular flexibility index (Phi) is 5.61. The van der Waals surface area contributed by atoms with Gasteiger partial charge in [-0.3, -0.25) is 0 Å². The molecule has 128 valence electrons. The summed E-state index contributed by atoms with van der Waals surface area (Å²) in [6.45, 7) is 10.4. The molecule has 0 amide bonds. The second-order valence-corrected chi connectivity index (χ2v) is 7.67. The zero-order valence-electron chi connectivity index (χ0n) is 14.9. The Bertz CT molecular complexity index is 722. The molecule has 0 saturated heterocycles. The van der Waals surface area contributed by atoms with Gasteiger partial charge >= 0.3 is 0 Å². The van der Waals surface area contributed by atoms with Gasteiger partial charge in [-0.15, -0.1) is 0 Å². The summed E-state index contributed by atoms with van der Waals surface area (Å²) in [6.07, 6.45) is 0. The standard InChI is InChI=1S/C21H25ClO2/c1-14(2)19(15-10-12-16(22)13-11-15)20(23)24-18-9-7-6-8-17(18)21(3,4)5/h6-14,23H,1-5H3/b20-19+. The summed E-state index contributed by atoms with van der Waals surface area (Å²) in [5.41, 5.74) is 2.64. The molecular formula is C21H25ClO2. The maximum absolute atomic E-state index is 10.7. The molecule has 0 unspecified atom stereocenters. The third-order valence-electron chi connectivity index (χ3n) is 3.86. The molecule has 0 saturated carbocycles. The van der Waals surface area contributed by atoms with Crippen LogP contribution in [0, 0.1) is 5.92 Å². The van der Waals surface area contributed by atoms with E-state index in [1.807, 2.05) is 62.4 Å². The number of aliphatic hydroxyl groups excluding tert-OH is 1. The lowest BCUT2D eigenvalue weighted by atomic mass is 9.86. The number of halogens is 1. The Morgan fingerprint density at radius 3 is 2.12 bits per heavy atom. The summed E-state index contributed by atoms with van der Waals surface area (Å²) >= 11 is 5.97. The van der Waals surface area contributed by atoms with Crippen molar-refractivity contribution in [2.24, 2.45) is 5.92 Å². The van der Waals surface area contributed by atoms with Crippen LogP contribution in [0.4, 0.5) is 0 Å². The highest BCUT2D eigenvalue weighted by Crippen LogP contribution is 2.34. The molecule has 1 N–H and O–H groups in total. The fraction of sp³-hybridized carbons (Fsp3) is 0.333. The highest BCUT2D eigenvalue weighted by atomic mass is 35.5. The van der Waals surface area contributed by atoms with E-state index in [-0.39, 0.29) is 17.3 Å². The van der Waals surface area contributed by atoms with Gasteiger partial charge in [-0.1, -0.05) is 76.6 Å². The van der Waals surface area contributed by atoms with Gasteiger partial charge in [0, 0.05) is 16.2 Å². The molecule has 2 aromatic carbocycles. The molecule has 0 fully saturated rings. The molecule has 0 spiro atoms. The average Bonchev–Trinajstić information content (AvgIpc) is 2.48. The molecule has 0 aromatic heterocycles. The minimum Gasteiger partial charge on any atom is -0.480 e. The number of aliphatic hydroxyl groups is 1. The monoisotopic (exact) mass is 344 g/mol. The zero-order chi connectivity index (χ0) is 17.9. The predicted octanol–water partition coefficient (Wildman–Crippen LogP) is 6.60. The molecule has 2 nitrogen and oxygen atoms in total. The van der Waals surface area contributed by atoms with Crippen LogP contribution in [0.15, 0.2) is 54.5 Å². The van der Waals surface area contributed by atoms with Crippen LogP contribution in [0.5, 0.6) is 5.75 Å². The zero-order valence-corrected chi connectivity index (χ0v) is 15.7. The molecule has 0 bridgehead atoms. The predicted molar refractivity (Wildman–Crippen MR) is 102 cm³/mol. The second-order valence-electron chi connectivity index (χ2n) is 7.23. The molecular weight excluding hydrogens is 320 g/mol. The molecule has 3 heteroatoms. The lowest BCUT2D eigenvalue weighted by Gasteiger charge is -2.23. The summed E-state index contributed by atoms with van der Waals surface area (Å²) in [7, 11) is 0. The van der Waals surface area contributed by atoms with Crippen molar-refractivity contribution in [2.75, 3.05) is 0 Å². The van der Waals surface area contributed by atoms with E-state index < -0.39 is 0 Å². The van der Waals surface area contributed by atoms with Crippen molar-refractivity contribution < 1.29 is 9.84 Å². The molecule has 2 aromatic rings. The first-order valence-corrected chi connectivity index (χ1v) is 8.54. The molecule has 0 aliphatic rings. The summed E-state index contributed by atoms with van der Waals surface area (Å²) in [6, 6.07) is 15.2. The minimum absolute atomic E-state index is 0.0657. The SMILES string of the molecule is CC(C)/C(=C(/O)Oc1ccccc1C(C)(C)C)c1ccc(Cl)cc1. The lowest BCUT2D eigenvalue weighted by molar-refractivity contribution is 0.206. The van der Waals surface area contributed by atoms with Gasteiger partial charge in [-0.25, -0.2) is 0 Å². The van der Waals surface area contributed by atoms with Crippen LogP contribution >= 0.6 is 11.6 Å². The topological polar surface area (TPSA) is 29.5 Å². The minimum atomic E-state index is -0.0743. The first kappa shape index (κ1) is 18.4. The van der Waals surface area contributed by atoms with E-state index in [4.69, 9.17) is 16.3 Å². The van der Waals surface area contributed by atoms with E-state index in [1.165, 1.54) is 0 Å². The highest BCUT2D eigenvalue weighted by Gasteiger charge is 2.21. The Balaban J connectivity index is 2.46. The molecule has 0 radical (unpaired) electrons. The molecule has 0 heterocycles. The molecule has 0 aliphatic heterocycles. The maximum Gasteiger partial charge on any atom is 0.286 e. The summed E-state index contributed by atoms with van der Waals surface area (Å²) in [5.74, 6) is 0.714. The largest absolute Gasteiger partial charge is 0.480 e. The quantitative estimate of drug-likeness (QED) is 0.633. The normalized spacial score (nSPS) is 13.0. The van der Waals surface area contributed by atoms with Gasteiger partial charge in [0.1, 0.15) is 5.75 Å². The van der Waals surface area contributed by atoms with Crippen molar-refractivity contribution in [1.29, 1.82) is 0 Å². The van der Waals surface area contributed by atoms with Crippen LogP contribution in [-0.2, 0) is 5.41 Å². The van der Waals surface area contributed by atoms with Crippen LogP contribution in [0.1, 0.15) is 45.7 Å². The van der Waals surface area contributed by atoms with Crippen LogP contribution in [-0.4, -0.2) is 5.11 Å². The third-order valence-corrected chi connectivity index (χ3v) is 4.12. The van der Waals surface area contributed by atoms with Crippen LogP contribution in [0.2, 0.25) is 5.02 Å². The van der Waals surface area contributed by atoms with Crippen molar-refractivity contribution in [2.45, 2.75) is 40.0 Å². The van der Waals surface area contributed by atoms with E-state index in [0.29, 0.717) is 10.8 Å². The van der Waals surface area contributed by atoms with Crippen molar-refractivity contribution in [3.63, 3.8) is 0 Å². The van der Waals surface area contributed by atoms with E-state index in [2.05, 4.69) is 20.8 Å². The lowest BCUT2D eigenvalue weighted by Crippen LogP contribution is -2.14. The first-order valence-electron chi connectivity index (χ1n) is 8.16. The van der Waals surface area contributed by atoms with E-state index in [0.717, 1.165) is 16.7 Å². The number of hydrogen-bond donors (Lipinski definition) is 1. The fourth-order valence-electron chi connectivity index (χ4n) is 2.67. The van der Waals surface area contributed by atoms with Crippen molar-refractivity contribution in [3.05, 3.63) is 70.6 Å². The van der Waals surface area contributed by atoms with Gasteiger partial charge in [-0.05, 0) is 35.1 Å². The first-order chi connectivity index (χ1) is 11.2. The van der Waals surface area contributed by atoms with Gasteiger partial charge in [-0.2, -0.15) is 0 Å². The summed E-state index contributed by atoms with van der Waals surface area (Å²) < 4.78 is 5.88. The van der Waals surface area contributed by atoms with E-state index >= 15 is 0 Å². The van der Waals surface area contributed by atoms with Gasteiger partial charge < -0.3 is 9.84 Å². The van der Waals surface area contributed by atoms with Crippen molar-refractivity contribution >= 4 is 17.2 Å². The Morgan fingerprint density at radius 2 is 1.58 bits per heavy atom. The Hall–Kier alpha value is -1.93. The molecule has 0 atom stereocenters. The maximum atomic E-state index is 10.7. The Morgan fingerprint density at radius 1 is 1.00 bits per heavy atom. The van der Waals surface area contributed by atoms with E-state index in [9.17, 15) is 5.11 Å². The molecule has 0 aliphatic carbocycles. The van der Waals surface area contributed by atoms with E-state index in [1.54, 1.807) is 0 Å². The van der Waals surface area contributed by atoms with Crippen molar-refractivity contribution in [3.8, 4) is 5.75 Å². The van der Waals surface area contributed by atoms with Gasteiger partial charge in [0.15, 0.2) is 0 Å². The highest BCUT2D eigenvalue weighted by molar-refractivity contribution is 6.30. The second kappa shape index (κ2) is 7.31. The van der Waals surface area contributed by atoms with Gasteiger partial charge in [0.2, 0.25) is 0 Å². The number of hydrogen-bond acceptors (Lipinski definition) is 2. The van der Waals surface area contributed by atoms with Crippen molar-refractivity contribution in [1.82, 2.24) is 0 Å². The van der Waals surface area contributed by atoms with Crippen LogP contribution < -0.4 is 4.74 Å². The average molecular weight is 345 g/mol. The van der Waals surface area contributed by atoms with Crippen LogP contribution in [0.25, 0.3) is 5.57 Å². The number of para-hydroxylation sites is 1. The van der Waals surface area contributed by atoms with Gasteiger partial charge in [0.05, 0.1) is 0 Å². The molecule has 2 rings (SSSR count). The summed E-state index contributed by atoms with van der Waals surface area (Å²) in [5, 5.41) is 11.3. The summed E-state index contributed by atoms with van der Waals surface area (Å²) in [4.78, 5) is 0. The number of benzene rings is 2. The number of rotatable bonds is 4. The van der Waals surface area contributed by atoms with Gasteiger partial charge in [0.25, 0.3) is 5.95 Å². The Labute approximate surface area is 149 Å². The molecule has 24 heavy (non-hydrogen) atoms. The smallest absolute Gasteiger partial charge is 0.286 e. The number of ether oxygens (including phenoxy) is 1. The van der Waals surface area contributed by atoms with Crippen LogP contribution in [0.3, 0.4) is 0 Å².